The molecule has 1 heterocycles. The second-order valence-electron chi connectivity index (χ2n) is 8.48. The summed E-state index contributed by atoms with van der Waals surface area (Å²) < 4.78 is 5.64. The Morgan fingerprint density at radius 3 is 2.26 bits per heavy atom. The molecule has 3 aliphatic carbocycles. The number of hydrogen-bond donors (Lipinski definition) is 0. The molecular weight excluding hydrogens is 282 g/mol. The Hall–Kier alpha value is -0.340. The van der Waals surface area contributed by atoms with Crippen molar-refractivity contribution in [3.8, 4) is 0 Å². The Morgan fingerprint density at radius 2 is 1.52 bits per heavy atom. The summed E-state index contributed by atoms with van der Waals surface area (Å²) in [5, 5.41) is 0. The van der Waals surface area contributed by atoms with Crippen LogP contribution in [0.5, 0.6) is 0 Å². The quantitative estimate of drug-likeness (QED) is 0.694. The lowest BCUT2D eigenvalue weighted by atomic mass is 9.83. The molecule has 0 aromatic rings. The zero-order chi connectivity index (χ0) is 15.5. The van der Waals surface area contributed by atoms with Gasteiger partial charge in [0.1, 0.15) is 0 Å². The normalized spacial score (nSPS) is 37.0. The van der Waals surface area contributed by atoms with Gasteiger partial charge in [-0.3, -0.25) is 4.90 Å². The molecule has 0 amide bonds. The van der Waals surface area contributed by atoms with Crippen molar-refractivity contribution in [1.29, 1.82) is 0 Å². The first kappa shape index (κ1) is 16.1. The van der Waals surface area contributed by atoms with E-state index < -0.39 is 0 Å². The highest BCUT2D eigenvalue weighted by molar-refractivity contribution is 5.21. The lowest BCUT2D eigenvalue weighted by Gasteiger charge is -2.39. The Morgan fingerprint density at radius 1 is 0.826 bits per heavy atom. The fourth-order valence-electron chi connectivity index (χ4n) is 5.94. The average Bonchev–Trinajstić information content (AvgIpc) is 3.26. The van der Waals surface area contributed by atoms with Crippen LogP contribution in [-0.4, -0.2) is 37.2 Å². The van der Waals surface area contributed by atoms with E-state index in [0.29, 0.717) is 0 Å². The number of nitrogens with zero attached hydrogens (tertiary/aromatic N) is 1. The van der Waals surface area contributed by atoms with E-state index in [1.165, 1.54) is 70.6 Å². The summed E-state index contributed by atoms with van der Waals surface area (Å²) >= 11 is 0. The number of ether oxygens (including phenoxy) is 1. The number of allylic oxidation sites excluding steroid dienone is 1. The maximum atomic E-state index is 5.64. The fraction of sp³-hybridized carbons (Fsp3) is 0.905. The van der Waals surface area contributed by atoms with Gasteiger partial charge in [-0.15, -0.1) is 0 Å². The molecule has 2 heteroatoms. The van der Waals surface area contributed by atoms with Gasteiger partial charge in [0.05, 0.1) is 13.2 Å². The van der Waals surface area contributed by atoms with Crippen LogP contribution in [-0.2, 0) is 4.74 Å². The molecule has 0 spiro atoms. The van der Waals surface area contributed by atoms with Gasteiger partial charge in [-0.25, -0.2) is 0 Å². The van der Waals surface area contributed by atoms with E-state index in [-0.39, 0.29) is 0 Å². The van der Waals surface area contributed by atoms with E-state index in [0.717, 1.165) is 50.1 Å². The first-order valence-corrected chi connectivity index (χ1v) is 10.4. The van der Waals surface area contributed by atoms with Crippen molar-refractivity contribution in [2.24, 2.45) is 17.8 Å². The largest absolute Gasteiger partial charge is 0.379 e. The molecule has 4 rings (SSSR count). The van der Waals surface area contributed by atoms with Gasteiger partial charge in [-0.1, -0.05) is 56.6 Å². The van der Waals surface area contributed by atoms with Crippen molar-refractivity contribution in [3.05, 3.63) is 11.6 Å². The van der Waals surface area contributed by atoms with Crippen molar-refractivity contribution in [2.75, 3.05) is 26.3 Å². The number of rotatable bonds is 3. The van der Waals surface area contributed by atoms with Gasteiger partial charge in [0.2, 0.25) is 0 Å². The standard InChI is InChI=1S/C21H35NO/c1-2-6-17(7-3-1)16-19-10-11-20(18-8-4-5-9-18)21(19)22-12-14-23-15-13-22/h16-18,20-21H,1-15H2. The van der Waals surface area contributed by atoms with Crippen molar-refractivity contribution in [3.63, 3.8) is 0 Å². The Kier molecular flexibility index (Phi) is 5.40. The zero-order valence-electron chi connectivity index (χ0n) is 14.8. The van der Waals surface area contributed by atoms with Crippen molar-refractivity contribution < 1.29 is 4.74 Å². The van der Waals surface area contributed by atoms with Crippen LogP contribution in [0.4, 0.5) is 0 Å². The molecule has 3 saturated carbocycles. The molecule has 4 fully saturated rings. The van der Waals surface area contributed by atoms with Crippen LogP contribution in [0.25, 0.3) is 0 Å². The smallest absolute Gasteiger partial charge is 0.0594 e. The maximum absolute atomic E-state index is 5.64. The lowest BCUT2D eigenvalue weighted by molar-refractivity contribution is 0.00980. The maximum Gasteiger partial charge on any atom is 0.0594 e. The summed E-state index contributed by atoms with van der Waals surface area (Å²) in [6.45, 7) is 4.22. The number of morpholine rings is 1. The summed E-state index contributed by atoms with van der Waals surface area (Å²) in [4.78, 5) is 2.80. The predicted octanol–water partition coefficient (Wildman–Crippen LogP) is 4.79. The van der Waals surface area contributed by atoms with Crippen molar-refractivity contribution in [2.45, 2.75) is 76.7 Å². The second-order valence-corrected chi connectivity index (χ2v) is 8.48. The Labute approximate surface area is 142 Å². The topological polar surface area (TPSA) is 12.5 Å². The molecule has 0 aromatic carbocycles. The third kappa shape index (κ3) is 3.69. The van der Waals surface area contributed by atoms with E-state index >= 15 is 0 Å². The third-order valence-electron chi connectivity index (χ3n) is 7.10. The van der Waals surface area contributed by atoms with E-state index in [2.05, 4.69) is 11.0 Å². The van der Waals surface area contributed by atoms with Crippen molar-refractivity contribution in [1.82, 2.24) is 4.90 Å². The minimum Gasteiger partial charge on any atom is -0.379 e. The van der Waals surface area contributed by atoms with E-state index in [4.69, 9.17) is 4.74 Å². The van der Waals surface area contributed by atoms with Crippen LogP contribution in [0.2, 0.25) is 0 Å². The molecule has 4 aliphatic rings. The van der Waals surface area contributed by atoms with E-state index in [1.54, 1.807) is 0 Å². The third-order valence-corrected chi connectivity index (χ3v) is 7.10. The molecular formula is C21H35NO. The SMILES string of the molecule is C(=C1CCC(C2CCCC2)C1N1CCOCC1)C1CCCCC1. The van der Waals surface area contributed by atoms with Gasteiger partial charge in [0, 0.05) is 19.1 Å². The summed E-state index contributed by atoms with van der Waals surface area (Å²) in [5.74, 6) is 2.86. The molecule has 2 nitrogen and oxygen atoms in total. The Bertz CT molecular complexity index is 400. The van der Waals surface area contributed by atoms with Crippen LogP contribution in [0.1, 0.15) is 70.6 Å². The van der Waals surface area contributed by atoms with Gasteiger partial charge in [-0.05, 0) is 43.4 Å². The van der Waals surface area contributed by atoms with Crippen molar-refractivity contribution >= 4 is 0 Å². The first-order valence-electron chi connectivity index (χ1n) is 10.4. The highest BCUT2D eigenvalue weighted by Gasteiger charge is 2.41. The minimum atomic E-state index is 0.768. The average molecular weight is 318 g/mol. The van der Waals surface area contributed by atoms with Gasteiger partial charge in [-0.2, -0.15) is 0 Å². The van der Waals surface area contributed by atoms with E-state index in [1.807, 2.05) is 5.57 Å². The van der Waals surface area contributed by atoms with Crippen LogP contribution < -0.4 is 0 Å². The predicted molar refractivity (Wildman–Crippen MR) is 95.5 cm³/mol. The summed E-state index contributed by atoms with van der Waals surface area (Å²) in [7, 11) is 0. The highest BCUT2D eigenvalue weighted by Crippen LogP contribution is 2.45. The Balaban J connectivity index is 1.52. The minimum absolute atomic E-state index is 0.768. The first-order chi connectivity index (χ1) is 11.4. The molecule has 1 aliphatic heterocycles. The van der Waals surface area contributed by atoms with Gasteiger partial charge < -0.3 is 4.74 Å². The highest BCUT2D eigenvalue weighted by atomic mass is 16.5. The summed E-state index contributed by atoms with van der Waals surface area (Å²) in [6.07, 6.45) is 18.9. The second kappa shape index (κ2) is 7.70. The molecule has 0 bridgehead atoms. The lowest BCUT2D eigenvalue weighted by Crippen LogP contribution is -2.47. The molecule has 130 valence electrons. The molecule has 1 saturated heterocycles. The van der Waals surface area contributed by atoms with Gasteiger partial charge in [0.25, 0.3) is 0 Å². The fourth-order valence-corrected chi connectivity index (χ4v) is 5.94. The molecule has 2 atom stereocenters. The molecule has 0 N–H and O–H groups in total. The molecule has 0 aromatic heterocycles. The van der Waals surface area contributed by atoms with Gasteiger partial charge >= 0.3 is 0 Å². The van der Waals surface area contributed by atoms with Crippen LogP contribution >= 0.6 is 0 Å². The monoisotopic (exact) mass is 317 g/mol. The van der Waals surface area contributed by atoms with Crippen LogP contribution in [0.15, 0.2) is 11.6 Å². The zero-order valence-corrected chi connectivity index (χ0v) is 14.8. The number of hydrogen-bond acceptors (Lipinski definition) is 2. The van der Waals surface area contributed by atoms with Crippen LogP contribution in [0, 0.1) is 17.8 Å². The van der Waals surface area contributed by atoms with Crippen LogP contribution in [0.3, 0.4) is 0 Å². The molecule has 23 heavy (non-hydrogen) atoms. The summed E-state index contributed by atoms with van der Waals surface area (Å²) in [5.41, 5.74) is 1.83. The van der Waals surface area contributed by atoms with E-state index in [9.17, 15) is 0 Å². The molecule has 2 unspecified atom stereocenters. The summed E-state index contributed by atoms with van der Waals surface area (Å²) in [6, 6.07) is 0.768. The molecule has 0 radical (unpaired) electrons. The van der Waals surface area contributed by atoms with Gasteiger partial charge in [0.15, 0.2) is 0 Å².